The van der Waals surface area contributed by atoms with Crippen LogP contribution in [0, 0.1) is 6.92 Å². The average molecular weight is 530 g/mol. The highest BCUT2D eigenvalue weighted by atomic mass is 32.2. The molecular formula is C29H43N3O4S. The smallest absolute Gasteiger partial charge is 0.244 e. The molecule has 0 aliphatic heterocycles. The number of aryl methyl sites for hydroxylation is 1. The molecule has 0 saturated heterocycles. The van der Waals surface area contributed by atoms with Crippen molar-refractivity contribution >= 4 is 27.5 Å². The van der Waals surface area contributed by atoms with Crippen LogP contribution in [0.5, 0.6) is 0 Å². The Balaban J connectivity index is 2.46. The fourth-order valence-electron chi connectivity index (χ4n) is 4.00. The van der Waals surface area contributed by atoms with Gasteiger partial charge in [0.25, 0.3) is 0 Å². The maximum Gasteiger partial charge on any atom is 0.244 e. The second-order valence-electron chi connectivity index (χ2n) is 11.7. The number of hydrogen-bond acceptors (Lipinski definition) is 4. The second-order valence-corrected chi connectivity index (χ2v) is 13.6. The molecule has 0 fully saturated rings. The van der Waals surface area contributed by atoms with Crippen LogP contribution in [-0.2, 0) is 31.6 Å². The van der Waals surface area contributed by atoms with Crippen LogP contribution in [0.1, 0.15) is 71.6 Å². The summed E-state index contributed by atoms with van der Waals surface area (Å²) in [6, 6.07) is 14.2. The van der Waals surface area contributed by atoms with Gasteiger partial charge in [-0.25, -0.2) is 8.42 Å². The van der Waals surface area contributed by atoms with Crippen LogP contribution in [-0.4, -0.2) is 49.5 Å². The normalized spacial score (nSPS) is 13.1. The molecular weight excluding hydrogens is 486 g/mol. The Kier molecular flexibility index (Phi) is 9.58. The standard InChI is InChI=1S/C29H43N3O4S/c1-10-25(27(34)30-29(6,7)8)31(19-22-13-11-21(2)12-14-22)26(33)20-32(37(9,35)36)24-17-15-23(16-18-24)28(3,4)5/h11-18,25H,10,19-20H2,1-9H3,(H,30,34)/t25-/m0/s1. The van der Waals surface area contributed by atoms with Gasteiger partial charge in [0.2, 0.25) is 21.8 Å². The molecule has 37 heavy (non-hydrogen) atoms. The van der Waals surface area contributed by atoms with Crippen LogP contribution < -0.4 is 9.62 Å². The number of amides is 2. The third-order valence-electron chi connectivity index (χ3n) is 6.06. The highest BCUT2D eigenvalue weighted by molar-refractivity contribution is 7.92. The lowest BCUT2D eigenvalue weighted by Gasteiger charge is -2.34. The average Bonchev–Trinajstić information content (AvgIpc) is 2.76. The predicted octanol–water partition coefficient (Wildman–Crippen LogP) is 4.78. The lowest BCUT2D eigenvalue weighted by Crippen LogP contribution is -2.55. The number of carbonyl (C=O) groups is 2. The van der Waals surface area contributed by atoms with Crippen LogP contribution in [0.3, 0.4) is 0 Å². The Labute approximate surface area is 223 Å². The summed E-state index contributed by atoms with van der Waals surface area (Å²) in [6.07, 6.45) is 1.48. The van der Waals surface area contributed by atoms with Gasteiger partial charge in [0.15, 0.2) is 0 Å². The molecule has 2 rings (SSSR count). The first kappa shape index (κ1) is 30.4. The van der Waals surface area contributed by atoms with E-state index in [0.717, 1.165) is 27.3 Å². The first-order valence-corrected chi connectivity index (χ1v) is 14.5. The number of nitrogens with one attached hydrogen (secondary N) is 1. The topological polar surface area (TPSA) is 86.8 Å². The summed E-state index contributed by atoms with van der Waals surface area (Å²) in [5, 5.41) is 2.97. The minimum Gasteiger partial charge on any atom is -0.350 e. The van der Waals surface area contributed by atoms with E-state index in [9.17, 15) is 18.0 Å². The Morgan fingerprint density at radius 3 is 1.89 bits per heavy atom. The molecule has 8 heteroatoms. The maximum absolute atomic E-state index is 13.8. The van der Waals surface area contributed by atoms with Gasteiger partial charge < -0.3 is 10.2 Å². The molecule has 0 aliphatic rings. The molecule has 2 amide bonds. The first-order valence-electron chi connectivity index (χ1n) is 12.7. The van der Waals surface area contributed by atoms with E-state index >= 15 is 0 Å². The lowest BCUT2D eigenvalue weighted by atomic mass is 9.87. The van der Waals surface area contributed by atoms with E-state index < -0.39 is 34.1 Å². The molecule has 0 heterocycles. The van der Waals surface area contributed by atoms with Gasteiger partial charge in [-0.2, -0.15) is 0 Å². The van der Waals surface area contributed by atoms with Crippen LogP contribution in [0.15, 0.2) is 48.5 Å². The summed E-state index contributed by atoms with van der Waals surface area (Å²) in [4.78, 5) is 28.5. The molecule has 204 valence electrons. The summed E-state index contributed by atoms with van der Waals surface area (Å²) in [5.41, 5.74) is 2.84. The van der Waals surface area contributed by atoms with Gasteiger partial charge in [0.05, 0.1) is 11.9 Å². The van der Waals surface area contributed by atoms with Crippen molar-refractivity contribution in [1.29, 1.82) is 0 Å². The van der Waals surface area contributed by atoms with Crippen LogP contribution >= 0.6 is 0 Å². The molecule has 2 aromatic carbocycles. The Morgan fingerprint density at radius 1 is 0.919 bits per heavy atom. The quantitative estimate of drug-likeness (QED) is 0.506. The monoisotopic (exact) mass is 529 g/mol. The summed E-state index contributed by atoms with van der Waals surface area (Å²) in [5.74, 6) is -0.710. The minimum atomic E-state index is -3.77. The van der Waals surface area contributed by atoms with E-state index in [-0.39, 0.29) is 17.9 Å². The number of hydrogen-bond donors (Lipinski definition) is 1. The SMILES string of the molecule is CC[C@@H](C(=O)NC(C)(C)C)N(Cc1ccc(C)cc1)C(=O)CN(c1ccc(C(C)(C)C)cc1)S(C)(=O)=O. The molecule has 7 nitrogen and oxygen atoms in total. The fraction of sp³-hybridized carbons (Fsp3) is 0.517. The van der Waals surface area contributed by atoms with E-state index in [1.165, 1.54) is 4.90 Å². The van der Waals surface area contributed by atoms with E-state index in [2.05, 4.69) is 26.1 Å². The zero-order chi connectivity index (χ0) is 28.2. The summed E-state index contributed by atoms with van der Waals surface area (Å²) in [6.45, 7) is 15.5. The highest BCUT2D eigenvalue weighted by Crippen LogP contribution is 2.26. The van der Waals surface area contributed by atoms with Crippen LogP contribution in [0.25, 0.3) is 0 Å². The number of nitrogens with zero attached hydrogens (tertiary/aromatic N) is 2. The Bertz CT molecular complexity index is 1180. The molecule has 1 atom stereocenters. The van der Waals surface area contributed by atoms with E-state index in [4.69, 9.17) is 0 Å². The second kappa shape index (κ2) is 11.7. The van der Waals surface area contributed by atoms with E-state index in [0.29, 0.717) is 12.1 Å². The number of carbonyl (C=O) groups excluding carboxylic acids is 2. The molecule has 0 saturated carbocycles. The lowest BCUT2D eigenvalue weighted by molar-refractivity contribution is -0.141. The zero-order valence-electron chi connectivity index (χ0n) is 23.8. The van der Waals surface area contributed by atoms with Crippen molar-refractivity contribution in [2.24, 2.45) is 0 Å². The van der Waals surface area contributed by atoms with Gasteiger partial charge in [0.1, 0.15) is 12.6 Å². The highest BCUT2D eigenvalue weighted by Gasteiger charge is 2.33. The molecule has 0 aliphatic carbocycles. The van der Waals surface area contributed by atoms with Crippen molar-refractivity contribution in [3.8, 4) is 0 Å². The van der Waals surface area contributed by atoms with Gasteiger partial charge >= 0.3 is 0 Å². The maximum atomic E-state index is 13.8. The van der Waals surface area contributed by atoms with Gasteiger partial charge in [-0.3, -0.25) is 13.9 Å². The summed E-state index contributed by atoms with van der Waals surface area (Å²) < 4.78 is 26.7. The van der Waals surface area contributed by atoms with Crippen molar-refractivity contribution in [2.45, 2.75) is 85.4 Å². The van der Waals surface area contributed by atoms with Crippen LogP contribution in [0.2, 0.25) is 0 Å². The van der Waals surface area contributed by atoms with E-state index in [1.807, 2.05) is 71.0 Å². The summed E-state index contributed by atoms with van der Waals surface area (Å²) in [7, 11) is -3.77. The number of anilines is 1. The summed E-state index contributed by atoms with van der Waals surface area (Å²) >= 11 is 0. The van der Waals surface area contributed by atoms with E-state index in [1.54, 1.807) is 12.1 Å². The largest absolute Gasteiger partial charge is 0.350 e. The number of benzene rings is 2. The van der Waals surface area contributed by atoms with Gasteiger partial charge in [-0.1, -0.05) is 69.7 Å². The molecule has 1 N–H and O–H groups in total. The van der Waals surface area contributed by atoms with Crippen LogP contribution in [0.4, 0.5) is 5.69 Å². The van der Waals surface area contributed by atoms with Gasteiger partial charge in [0, 0.05) is 12.1 Å². The minimum absolute atomic E-state index is 0.0934. The number of sulfonamides is 1. The predicted molar refractivity (Wildman–Crippen MR) is 151 cm³/mol. The molecule has 0 unspecified atom stereocenters. The Hall–Kier alpha value is -2.87. The van der Waals surface area contributed by atoms with Crippen molar-refractivity contribution in [2.75, 3.05) is 17.1 Å². The Morgan fingerprint density at radius 2 is 1.46 bits per heavy atom. The van der Waals surface area contributed by atoms with Gasteiger partial charge in [-0.05, 0) is 62.8 Å². The van der Waals surface area contributed by atoms with Crippen molar-refractivity contribution < 1.29 is 18.0 Å². The zero-order valence-corrected chi connectivity index (χ0v) is 24.6. The third kappa shape index (κ3) is 8.88. The molecule has 0 radical (unpaired) electrons. The molecule has 0 aromatic heterocycles. The number of rotatable bonds is 9. The van der Waals surface area contributed by atoms with Crippen molar-refractivity contribution in [1.82, 2.24) is 10.2 Å². The molecule has 2 aromatic rings. The van der Waals surface area contributed by atoms with Gasteiger partial charge in [-0.15, -0.1) is 0 Å². The molecule has 0 bridgehead atoms. The van der Waals surface area contributed by atoms with Crippen molar-refractivity contribution in [3.05, 3.63) is 65.2 Å². The first-order chi connectivity index (χ1) is 16.9. The molecule has 0 spiro atoms. The van der Waals surface area contributed by atoms with Crippen molar-refractivity contribution in [3.63, 3.8) is 0 Å². The third-order valence-corrected chi connectivity index (χ3v) is 7.20. The fourth-order valence-corrected chi connectivity index (χ4v) is 4.85.